The molecule has 0 aromatic heterocycles. The standard InChI is InChI=1S/C5H7BrF3NO2S/c6-3-13(11,12)10-4(1-2-4)5(7,8)9/h10H,1-3H2. The molecule has 0 heterocycles. The SMILES string of the molecule is O=S(=O)(CBr)NC1(C(F)(F)F)CC1. The molecule has 1 aliphatic rings. The van der Waals surface area contributed by atoms with E-state index in [1.165, 1.54) is 0 Å². The molecule has 0 atom stereocenters. The Balaban J connectivity index is 2.76. The fourth-order valence-electron chi connectivity index (χ4n) is 0.893. The van der Waals surface area contributed by atoms with Crippen LogP contribution >= 0.6 is 15.9 Å². The maximum absolute atomic E-state index is 12.2. The fraction of sp³-hybridized carbons (Fsp3) is 1.00. The van der Waals surface area contributed by atoms with Crippen molar-refractivity contribution < 1.29 is 21.6 Å². The van der Waals surface area contributed by atoms with Crippen molar-refractivity contribution in [2.45, 2.75) is 24.6 Å². The van der Waals surface area contributed by atoms with Crippen molar-refractivity contribution >= 4 is 26.0 Å². The number of sulfonamides is 1. The molecule has 3 nitrogen and oxygen atoms in total. The lowest BCUT2D eigenvalue weighted by Gasteiger charge is -2.19. The van der Waals surface area contributed by atoms with Gasteiger partial charge in [-0.25, -0.2) is 8.42 Å². The molecule has 0 bridgehead atoms. The lowest BCUT2D eigenvalue weighted by molar-refractivity contribution is -0.160. The highest BCUT2D eigenvalue weighted by molar-refractivity contribution is 9.10. The summed E-state index contributed by atoms with van der Waals surface area (Å²) in [7, 11) is -3.85. The Morgan fingerprint density at radius 3 is 2.08 bits per heavy atom. The normalized spacial score (nSPS) is 21.5. The summed E-state index contributed by atoms with van der Waals surface area (Å²) in [5.41, 5.74) is -2.19. The molecule has 78 valence electrons. The van der Waals surface area contributed by atoms with Crippen LogP contribution in [-0.4, -0.2) is 24.8 Å². The van der Waals surface area contributed by atoms with Crippen LogP contribution < -0.4 is 4.72 Å². The molecule has 1 N–H and O–H groups in total. The monoisotopic (exact) mass is 281 g/mol. The molecule has 0 aromatic rings. The Morgan fingerprint density at radius 2 is 1.85 bits per heavy atom. The van der Waals surface area contributed by atoms with Crippen LogP contribution in [0.4, 0.5) is 13.2 Å². The fourth-order valence-corrected chi connectivity index (χ4v) is 2.21. The van der Waals surface area contributed by atoms with Crippen LogP contribution in [0.2, 0.25) is 0 Å². The molecule has 0 saturated heterocycles. The second-order valence-corrected chi connectivity index (χ2v) is 5.93. The molecular formula is C5H7BrF3NO2S. The van der Waals surface area contributed by atoms with E-state index in [1.807, 2.05) is 0 Å². The molecule has 1 saturated carbocycles. The van der Waals surface area contributed by atoms with E-state index < -0.39 is 26.4 Å². The van der Waals surface area contributed by atoms with E-state index in [4.69, 9.17) is 0 Å². The van der Waals surface area contributed by atoms with Crippen molar-refractivity contribution in [3.63, 3.8) is 0 Å². The number of halogens is 4. The third-order valence-corrected chi connectivity index (χ3v) is 4.58. The number of hydrogen-bond acceptors (Lipinski definition) is 2. The Bertz CT molecular complexity index is 295. The van der Waals surface area contributed by atoms with Gasteiger partial charge in [-0.05, 0) is 12.8 Å². The van der Waals surface area contributed by atoms with E-state index in [2.05, 4.69) is 15.9 Å². The van der Waals surface area contributed by atoms with E-state index in [9.17, 15) is 21.6 Å². The third-order valence-electron chi connectivity index (χ3n) is 1.79. The first kappa shape index (κ1) is 11.3. The summed E-state index contributed by atoms with van der Waals surface area (Å²) >= 11 is 2.60. The van der Waals surface area contributed by atoms with Crippen LogP contribution in [0.3, 0.4) is 0 Å². The van der Waals surface area contributed by atoms with Gasteiger partial charge in [-0.15, -0.1) is 0 Å². The van der Waals surface area contributed by atoms with Crippen molar-refractivity contribution in [2.24, 2.45) is 0 Å². The van der Waals surface area contributed by atoms with Crippen LogP contribution in [0.15, 0.2) is 0 Å². The highest BCUT2D eigenvalue weighted by Crippen LogP contribution is 2.49. The van der Waals surface area contributed by atoms with Gasteiger partial charge in [0.1, 0.15) is 10.2 Å². The molecule has 0 amide bonds. The number of hydrogen-bond donors (Lipinski definition) is 1. The predicted molar refractivity (Wildman–Crippen MR) is 43.9 cm³/mol. The van der Waals surface area contributed by atoms with Gasteiger partial charge in [-0.3, -0.25) is 0 Å². The summed E-state index contributed by atoms with van der Waals surface area (Å²) in [5.74, 6) is 0. The molecule has 0 radical (unpaired) electrons. The maximum Gasteiger partial charge on any atom is 0.407 e. The van der Waals surface area contributed by atoms with Gasteiger partial charge in [0.25, 0.3) is 0 Å². The average Bonchev–Trinajstić information content (AvgIpc) is 2.67. The number of nitrogens with one attached hydrogen (secondary N) is 1. The van der Waals surface area contributed by atoms with E-state index in [1.54, 1.807) is 4.72 Å². The molecule has 0 aromatic carbocycles. The highest BCUT2D eigenvalue weighted by atomic mass is 79.9. The topological polar surface area (TPSA) is 46.2 Å². The Labute approximate surface area is 81.9 Å². The summed E-state index contributed by atoms with van der Waals surface area (Å²) in [6.07, 6.45) is -4.85. The van der Waals surface area contributed by atoms with Crippen LogP contribution in [-0.2, 0) is 10.0 Å². The molecular weight excluding hydrogens is 275 g/mol. The van der Waals surface area contributed by atoms with E-state index >= 15 is 0 Å². The van der Waals surface area contributed by atoms with E-state index in [0.717, 1.165) is 0 Å². The summed E-state index contributed by atoms with van der Waals surface area (Å²) in [5, 5.41) is 0. The van der Waals surface area contributed by atoms with Crippen molar-refractivity contribution in [3.8, 4) is 0 Å². The van der Waals surface area contributed by atoms with Gasteiger partial charge < -0.3 is 0 Å². The molecule has 1 fully saturated rings. The third kappa shape index (κ3) is 2.35. The summed E-state index contributed by atoms with van der Waals surface area (Å²) < 4.78 is 59.5. The molecule has 1 rings (SSSR count). The second-order valence-electron chi connectivity index (χ2n) is 2.91. The minimum atomic E-state index is -4.50. The zero-order valence-electron chi connectivity index (χ0n) is 6.36. The molecule has 0 aliphatic heterocycles. The molecule has 1 aliphatic carbocycles. The van der Waals surface area contributed by atoms with Gasteiger partial charge in [0.05, 0.1) is 0 Å². The molecule has 0 unspecified atom stereocenters. The van der Waals surface area contributed by atoms with Gasteiger partial charge in [0.15, 0.2) is 0 Å². The van der Waals surface area contributed by atoms with Crippen LogP contribution in [0, 0.1) is 0 Å². The first-order valence-electron chi connectivity index (χ1n) is 3.37. The molecule has 0 spiro atoms. The lowest BCUT2D eigenvalue weighted by Crippen LogP contribution is -2.47. The lowest BCUT2D eigenvalue weighted by atomic mass is 10.3. The summed E-state index contributed by atoms with van der Waals surface area (Å²) in [6.45, 7) is 0. The smallest absolute Gasteiger partial charge is 0.212 e. The number of alkyl halides is 4. The Hall–Kier alpha value is 0.180. The second kappa shape index (κ2) is 3.09. The van der Waals surface area contributed by atoms with Gasteiger partial charge in [0, 0.05) is 0 Å². The van der Waals surface area contributed by atoms with Gasteiger partial charge in [-0.1, -0.05) is 15.9 Å². The molecule has 13 heavy (non-hydrogen) atoms. The largest absolute Gasteiger partial charge is 0.407 e. The van der Waals surface area contributed by atoms with Crippen molar-refractivity contribution in [1.29, 1.82) is 0 Å². The van der Waals surface area contributed by atoms with Crippen LogP contribution in [0.5, 0.6) is 0 Å². The van der Waals surface area contributed by atoms with Gasteiger partial charge in [-0.2, -0.15) is 17.9 Å². The van der Waals surface area contributed by atoms with Crippen LogP contribution in [0.1, 0.15) is 12.8 Å². The predicted octanol–water partition coefficient (Wildman–Crippen LogP) is 1.35. The highest BCUT2D eigenvalue weighted by Gasteiger charge is 2.65. The summed E-state index contributed by atoms with van der Waals surface area (Å²) in [6, 6.07) is 0. The Kier molecular flexibility index (Phi) is 2.68. The van der Waals surface area contributed by atoms with E-state index in [0.29, 0.717) is 0 Å². The number of rotatable bonds is 3. The first-order valence-corrected chi connectivity index (χ1v) is 6.14. The zero-order valence-corrected chi connectivity index (χ0v) is 8.76. The average molecular weight is 282 g/mol. The van der Waals surface area contributed by atoms with Crippen molar-refractivity contribution in [2.75, 3.05) is 4.66 Å². The van der Waals surface area contributed by atoms with Crippen LogP contribution in [0.25, 0.3) is 0 Å². The minimum Gasteiger partial charge on any atom is -0.212 e. The molecule has 8 heteroatoms. The zero-order chi connectivity index (χ0) is 10.3. The summed E-state index contributed by atoms with van der Waals surface area (Å²) in [4.78, 5) is 0. The quantitative estimate of drug-likeness (QED) is 0.794. The van der Waals surface area contributed by atoms with E-state index in [-0.39, 0.29) is 12.8 Å². The van der Waals surface area contributed by atoms with Crippen molar-refractivity contribution in [1.82, 2.24) is 4.72 Å². The van der Waals surface area contributed by atoms with Gasteiger partial charge >= 0.3 is 6.18 Å². The minimum absolute atomic E-state index is 0.178. The van der Waals surface area contributed by atoms with Gasteiger partial charge in [0.2, 0.25) is 10.0 Å². The first-order chi connectivity index (χ1) is 5.72. The Morgan fingerprint density at radius 1 is 1.38 bits per heavy atom. The van der Waals surface area contributed by atoms with Crippen molar-refractivity contribution in [3.05, 3.63) is 0 Å². The maximum atomic E-state index is 12.2.